The Kier molecular flexibility index (Phi) is 5.92. The average Bonchev–Trinajstić information content (AvgIpc) is 2.54. The zero-order chi connectivity index (χ0) is 16.7. The topological polar surface area (TPSA) is 66.4 Å². The van der Waals surface area contributed by atoms with E-state index in [0.29, 0.717) is 12.8 Å². The number of carboxylic acid groups (broad SMARTS) is 1. The van der Waals surface area contributed by atoms with E-state index in [2.05, 4.69) is 5.32 Å². The summed E-state index contributed by atoms with van der Waals surface area (Å²) in [6.45, 7) is 1.97. The fourth-order valence-corrected chi connectivity index (χ4v) is 2.50. The molecule has 0 spiro atoms. The second kappa shape index (κ2) is 8.13. The van der Waals surface area contributed by atoms with Crippen LogP contribution in [0.3, 0.4) is 0 Å². The highest BCUT2D eigenvalue weighted by atomic mass is 16.4. The van der Waals surface area contributed by atoms with Gasteiger partial charge < -0.3 is 10.4 Å². The molecule has 4 nitrogen and oxygen atoms in total. The maximum absolute atomic E-state index is 12.3. The van der Waals surface area contributed by atoms with Crippen LogP contribution < -0.4 is 5.32 Å². The molecule has 2 N–H and O–H groups in total. The van der Waals surface area contributed by atoms with Crippen molar-refractivity contribution in [1.82, 2.24) is 5.32 Å². The molecule has 2 aromatic rings. The average molecular weight is 311 g/mol. The van der Waals surface area contributed by atoms with Crippen LogP contribution in [0.1, 0.15) is 35.6 Å². The molecule has 0 saturated carbocycles. The van der Waals surface area contributed by atoms with Gasteiger partial charge in [0.1, 0.15) is 0 Å². The number of aliphatic carboxylic acids is 1. The summed E-state index contributed by atoms with van der Waals surface area (Å²) in [5.74, 6) is -0.961. The molecule has 0 heterocycles. The summed E-state index contributed by atoms with van der Waals surface area (Å²) in [6.07, 6.45) is 0.687. The molecule has 1 amide bonds. The molecule has 2 aromatic carbocycles. The maximum atomic E-state index is 12.3. The summed E-state index contributed by atoms with van der Waals surface area (Å²) in [5, 5.41) is 11.9. The van der Waals surface area contributed by atoms with E-state index in [1.165, 1.54) is 0 Å². The van der Waals surface area contributed by atoms with E-state index in [4.69, 9.17) is 5.11 Å². The van der Waals surface area contributed by atoms with E-state index in [-0.39, 0.29) is 18.4 Å². The number of hydrogen-bond donors (Lipinski definition) is 2. The summed E-state index contributed by atoms with van der Waals surface area (Å²) in [5.41, 5.74) is 2.98. The number of hydrogen-bond acceptors (Lipinski definition) is 2. The number of rotatable bonds is 7. The number of nitrogens with one attached hydrogen (secondary N) is 1. The Morgan fingerprint density at radius 3 is 2.35 bits per heavy atom. The van der Waals surface area contributed by atoms with Crippen LogP contribution in [0.2, 0.25) is 0 Å². The number of carbonyl (C=O) groups excluding carboxylic acids is 1. The van der Waals surface area contributed by atoms with Crippen LogP contribution in [0.4, 0.5) is 0 Å². The van der Waals surface area contributed by atoms with E-state index < -0.39 is 5.97 Å². The van der Waals surface area contributed by atoms with E-state index in [1.807, 2.05) is 61.5 Å². The highest BCUT2D eigenvalue weighted by molar-refractivity contribution is 5.79. The highest BCUT2D eigenvalue weighted by Gasteiger charge is 2.16. The quantitative estimate of drug-likeness (QED) is 0.825. The Hall–Kier alpha value is -2.62. The van der Waals surface area contributed by atoms with Crippen molar-refractivity contribution >= 4 is 11.9 Å². The smallest absolute Gasteiger partial charge is 0.303 e. The molecule has 0 bridgehead atoms. The number of carbonyl (C=O) groups is 2. The second-order valence-electron chi connectivity index (χ2n) is 5.57. The SMILES string of the molecule is Cc1ccccc1CC(=O)NC(CCC(=O)O)c1ccccc1. The third kappa shape index (κ3) is 5.25. The maximum Gasteiger partial charge on any atom is 0.303 e. The molecule has 0 aliphatic carbocycles. The van der Waals surface area contributed by atoms with Crippen LogP contribution in [0.25, 0.3) is 0 Å². The fourth-order valence-electron chi connectivity index (χ4n) is 2.50. The zero-order valence-electron chi connectivity index (χ0n) is 13.2. The molecular weight excluding hydrogens is 290 g/mol. The number of amides is 1. The van der Waals surface area contributed by atoms with Crippen LogP contribution in [-0.2, 0) is 16.0 Å². The first kappa shape index (κ1) is 16.7. The molecule has 0 aromatic heterocycles. The molecule has 1 unspecified atom stereocenters. The second-order valence-corrected chi connectivity index (χ2v) is 5.57. The molecule has 2 rings (SSSR count). The summed E-state index contributed by atoms with van der Waals surface area (Å²) in [7, 11) is 0. The standard InChI is InChI=1S/C19H21NO3/c1-14-7-5-6-10-16(14)13-18(21)20-17(11-12-19(22)23)15-8-3-2-4-9-15/h2-10,17H,11-13H2,1H3,(H,20,21)(H,22,23). The third-order valence-corrected chi connectivity index (χ3v) is 3.80. The predicted octanol–water partition coefficient (Wildman–Crippen LogP) is 3.26. The monoisotopic (exact) mass is 311 g/mol. The van der Waals surface area contributed by atoms with Gasteiger partial charge in [-0.05, 0) is 30.0 Å². The van der Waals surface area contributed by atoms with Crippen LogP contribution in [0.5, 0.6) is 0 Å². The molecule has 1 atom stereocenters. The van der Waals surface area contributed by atoms with E-state index >= 15 is 0 Å². The van der Waals surface area contributed by atoms with Gasteiger partial charge in [0.15, 0.2) is 0 Å². The van der Waals surface area contributed by atoms with Gasteiger partial charge in [-0.3, -0.25) is 9.59 Å². The molecule has 23 heavy (non-hydrogen) atoms. The van der Waals surface area contributed by atoms with Crippen molar-refractivity contribution in [3.8, 4) is 0 Å². The van der Waals surface area contributed by atoms with Crippen molar-refractivity contribution in [2.45, 2.75) is 32.2 Å². The van der Waals surface area contributed by atoms with Gasteiger partial charge in [0.2, 0.25) is 5.91 Å². The number of carboxylic acids is 1. The van der Waals surface area contributed by atoms with Crippen molar-refractivity contribution < 1.29 is 14.7 Å². The lowest BCUT2D eigenvalue weighted by atomic mass is 10.0. The fraction of sp³-hybridized carbons (Fsp3) is 0.263. The Labute approximate surface area is 136 Å². The lowest BCUT2D eigenvalue weighted by Gasteiger charge is -2.19. The first-order chi connectivity index (χ1) is 11.1. The first-order valence-corrected chi connectivity index (χ1v) is 7.67. The van der Waals surface area contributed by atoms with Gasteiger partial charge in [-0.1, -0.05) is 54.6 Å². The van der Waals surface area contributed by atoms with Gasteiger partial charge in [0, 0.05) is 6.42 Å². The van der Waals surface area contributed by atoms with Crippen LogP contribution in [0, 0.1) is 6.92 Å². The van der Waals surface area contributed by atoms with Crippen LogP contribution >= 0.6 is 0 Å². The van der Waals surface area contributed by atoms with Gasteiger partial charge in [-0.25, -0.2) is 0 Å². The Morgan fingerprint density at radius 1 is 1.04 bits per heavy atom. The minimum absolute atomic E-state index is 0.0181. The van der Waals surface area contributed by atoms with Crippen molar-refractivity contribution in [2.75, 3.05) is 0 Å². The Bertz CT molecular complexity index is 667. The largest absolute Gasteiger partial charge is 0.481 e. The van der Waals surface area contributed by atoms with Crippen molar-refractivity contribution in [3.05, 3.63) is 71.3 Å². The van der Waals surface area contributed by atoms with Crippen LogP contribution in [-0.4, -0.2) is 17.0 Å². The number of benzene rings is 2. The van der Waals surface area contributed by atoms with E-state index in [9.17, 15) is 9.59 Å². The Balaban J connectivity index is 2.06. The normalized spacial score (nSPS) is 11.7. The summed E-state index contributed by atoms with van der Waals surface area (Å²) in [4.78, 5) is 23.2. The lowest BCUT2D eigenvalue weighted by molar-refractivity contribution is -0.137. The van der Waals surface area contributed by atoms with Gasteiger partial charge in [-0.2, -0.15) is 0 Å². The Morgan fingerprint density at radius 2 is 1.70 bits per heavy atom. The minimum atomic E-state index is -0.862. The van der Waals surface area contributed by atoms with Gasteiger partial charge in [0.05, 0.1) is 12.5 Å². The van der Waals surface area contributed by atoms with Crippen LogP contribution in [0.15, 0.2) is 54.6 Å². The molecule has 0 saturated heterocycles. The lowest BCUT2D eigenvalue weighted by Crippen LogP contribution is -2.30. The number of aryl methyl sites for hydroxylation is 1. The first-order valence-electron chi connectivity index (χ1n) is 7.67. The van der Waals surface area contributed by atoms with E-state index in [1.54, 1.807) is 0 Å². The third-order valence-electron chi connectivity index (χ3n) is 3.80. The predicted molar refractivity (Wildman–Crippen MR) is 89.1 cm³/mol. The van der Waals surface area contributed by atoms with Crippen molar-refractivity contribution in [3.63, 3.8) is 0 Å². The van der Waals surface area contributed by atoms with Crippen molar-refractivity contribution in [2.24, 2.45) is 0 Å². The molecule has 120 valence electrons. The summed E-state index contributed by atoms with van der Waals surface area (Å²) >= 11 is 0. The van der Waals surface area contributed by atoms with Gasteiger partial charge >= 0.3 is 5.97 Å². The summed E-state index contributed by atoms with van der Waals surface area (Å²) in [6, 6.07) is 16.9. The molecule has 0 fully saturated rings. The molecular formula is C19H21NO3. The highest BCUT2D eigenvalue weighted by Crippen LogP contribution is 2.19. The molecule has 0 radical (unpaired) electrons. The zero-order valence-corrected chi connectivity index (χ0v) is 13.2. The van der Waals surface area contributed by atoms with Gasteiger partial charge in [-0.15, -0.1) is 0 Å². The summed E-state index contributed by atoms with van der Waals surface area (Å²) < 4.78 is 0. The molecule has 0 aliphatic heterocycles. The molecule has 0 aliphatic rings. The van der Waals surface area contributed by atoms with Crippen molar-refractivity contribution in [1.29, 1.82) is 0 Å². The minimum Gasteiger partial charge on any atom is -0.481 e. The molecule has 4 heteroatoms. The van der Waals surface area contributed by atoms with E-state index in [0.717, 1.165) is 16.7 Å². The van der Waals surface area contributed by atoms with Gasteiger partial charge in [0.25, 0.3) is 0 Å².